The normalized spacial score (nSPS) is 11.7. The minimum absolute atomic E-state index is 0.580. The summed E-state index contributed by atoms with van der Waals surface area (Å²) in [6.45, 7) is 11.2. The molecule has 2 aromatic carbocycles. The summed E-state index contributed by atoms with van der Waals surface area (Å²) in [5, 5.41) is 0. The van der Waals surface area contributed by atoms with Crippen molar-refractivity contribution in [2.45, 2.75) is 59.3 Å². The Balaban J connectivity index is 0.00000158. The van der Waals surface area contributed by atoms with Gasteiger partial charge in [0.1, 0.15) is 0 Å². The van der Waals surface area contributed by atoms with E-state index in [1.807, 2.05) is 27.7 Å². The SMILES string of the molecule is CC.CC.Cc1ccc(C(c2ccc(C)cc2)(C(F)(F)F)C(F)(F)F)cc1. The van der Waals surface area contributed by atoms with Crippen LogP contribution in [0.4, 0.5) is 26.3 Å². The summed E-state index contributed by atoms with van der Waals surface area (Å²) in [5.41, 5.74) is -4.58. The third-order valence-corrected chi connectivity index (χ3v) is 3.82. The van der Waals surface area contributed by atoms with Gasteiger partial charge in [-0.05, 0) is 25.0 Å². The van der Waals surface area contributed by atoms with Gasteiger partial charge in [0.25, 0.3) is 0 Å². The van der Waals surface area contributed by atoms with E-state index >= 15 is 0 Å². The van der Waals surface area contributed by atoms with Gasteiger partial charge in [-0.15, -0.1) is 0 Å². The molecule has 0 nitrogen and oxygen atoms in total. The van der Waals surface area contributed by atoms with Crippen LogP contribution in [0.1, 0.15) is 49.9 Å². The lowest BCUT2D eigenvalue weighted by molar-refractivity contribution is -0.288. The fraction of sp³-hybridized carbons (Fsp3) is 0.429. The van der Waals surface area contributed by atoms with Crippen molar-refractivity contribution in [3.05, 3.63) is 70.8 Å². The van der Waals surface area contributed by atoms with Crippen molar-refractivity contribution in [3.8, 4) is 0 Å². The second-order valence-electron chi connectivity index (χ2n) is 5.48. The molecule has 2 aromatic rings. The van der Waals surface area contributed by atoms with Crippen molar-refractivity contribution >= 4 is 0 Å². The van der Waals surface area contributed by atoms with Gasteiger partial charge in [-0.3, -0.25) is 0 Å². The van der Waals surface area contributed by atoms with Gasteiger partial charge >= 0.3 is 12.4 Å². The first-order chi connectivity index (χ1) is 12.5. The smallest absolute Gasteiger partial charge is 0.169 e. The van der Waals surface area contributed by atoms with Gasteiger partial charge in [-0.1, -0.05) is 87.4 Å². The number of benzene rings is 2. The minimum Gasteiger partial charge on any atom is -0.169 e. The molecular weight excluding hydrogens is 366 g/mol. The zero-order chi connectivity index (χ0) is 21.5. The highest BCUT2D eigenvalue weighted by Gasteiger charge is 2.72. The summed E-state index contributed by atoms with van der Waals surface area (Å²) in [5.74, 6) is 0. The predicted octanol–water partition coefficient (Wildman–Crippen LogP) is 7.77. The lowest BCUT2D eigenvalue weighted by Gasteiger charge is -2.38. The van der Waals surface area contributed by atoms with Gasteiger partial charge in [0, 0.05) is 0 Å². The topological polar surface area (TPSA) is 0 Å². The largest absolute Gasteiger partial charge is 0.411 e. The first-order valence-electron chi connectivity index (χ1n) is 8.78. The van der Waals surface area contributed by atoms with Gasteiger partial charge in [0.2, 0.25) is 5.41 Å². The van der Waals surface area contributed by atoms with E-state index in [0.717, 1.165) is 24.3 Å². The summed E-state index contributed by atoms with van der Waals surface area (Å²) < 4.78 is 82.3. The summed E-state index contributed by atoms with van der Waals surface area (Å²) in [6.07, 6.45) is -11.1. The molecule has 0 heterocycles. The van der Waals surface area contributed by atoms with E-state index in [1.54, 1.807) is 13.8 Å². The zero-order valence-electron chi connectivity index (χ0n) is 16.4. The van der Waals surface area contributed by atoms with E-state index in [-0.39, 0.29) is 0 Å². The van der Waals surface area contributed by atoms with Crippen LogP contribution < -0.4 is 0 Å². The molecule has 0 N–H and O–H groups in total. The Kier molecular flexibility index (Phi) is 9.09. The van der Waals surface area contributed by atoms with Gasteiger partial charge in [0.05, 0.1) is 0 Å². The molecule has 0 saturated heterocycles. The average molecular weight is 392 g/mol. The monoisotopic (exact) mass is 392 g/mol. The number of rotatable bonds is 2. The fourth-order valence-electron chi connectivity index (χ4n) is 2.59. The summed E-state index contributed by atoms with van der Waals surface area (Å²) >= 11 is 0. The van der Waals surface area contributed by atoms with Crippen LogP contribution in [0.15, 0.2) is 48.5 Å². The molecule has 0 aliphatic rings. The Bertz CT molecular complexity index is 602. The van der Waals surface area contributed by atoms with E-state index in [4.69, 9.17) is 0 Å². The molecule has 0 fully saturated rings. The molecular formula is C21H26F6. The van der Waals surface area contributed by atoms with Crippen LogP contribution in [-0.4, -0.2) is 12.4 Å². The average Bonchev–Trinajstić information content (AvgIpc) is 2.60. The van der Waals surface area contributed by atoms with Crippen molar-refractivity contribution in [3.63, 3.8) is 0 Å². The molecule has 0 amide bonds. The fourth-order valence-corrected chi connectivity index (χ4v) is 2.59. The maximum absolute atomic E-state index is 13.7. The Morgan fingerprint density at radius 2 is 0.704 bits per heavy atom. The minimum atomic E-state index is -5.53. The van der Waals surface area contributed by atoms with Crippen LogP contribution >= 0.6 is 0 Å². The zero-order valence-corrected chi connectivity index (χ0v) is 16.4. The molecule has 0 spiro atoms. The Labute approximate surface area is 157 Å². The quantitative estimate of drug-likeness (QED) is 0.458. The van der Waals surface area contributed by atoms with Crippen molar-refractivity contribution < 1.29 is 26.3 Å². The van der Waals surface area contributed by atoms with Gasteiger partial charge in [-0.25, -0.2) is 0 Å². The molecule has 0 aliphatic carbocycles. The lowest BCUT2D eigenvalue weighted by Crippen LogP contribution is -2.54. The Morgan fingerprint density at radius 3 is 0.889 bits per heavy atom. The van der Waals surface area contributed by atoms with Crippen molar-refractivity contribution in [2.24, 2.45) is 0 Å². The molecule has 0 aromatic heterocycles. The van der Waals surface area contributed by atoms with Crippen molar-refractivity contribution in [1.82, 2.24) is 0 Å². The standard InChI is InChI=1S/C17H14F6.2C2H6/c1-11-3-7-13(8-4-11)15(16(18,19)20,17(21,22)23)14-9-5-12(2)6-10-14;2*1-2/h3-10H,1-2H3;2*1-2H3. The predicted molar refractivity (Wildman–Crippen MR) is 97.9 cm³/mol. The van der Waals surface area contributed by atoms with E-state index in [1.165, 1.54) is 24.3 Å². The highest BCUT2D eigenvalue weighted by Crippen LogP contribution is 2.56. The van der Waals surface area contributed by atoms with Crippen LogP contribution in [0.3, 0.4) is 0 Å². The third-order valence-electron chi connectivity index (χ3n) is 3.82. The molecule has 0 bridgehead atoms. The van der Waals surface area contributed by atoms with Crippen LogP contribution in [0.2, 0.25) is 0 Å². The van der Waals surface area contributed by atoms with E-state index in [2.05, 4.69) is 0 Å². The van der Waals surface area contributed by atoms with Crippen molar-refractivity contribution in [1.29, 1.82) is 0 Å². The Hall–Kier alpha value is -1.98. The van der Waals surface area contributed by atoms with Crippen molar-refractivity contribution in [2.75, 3.05) is 0 Å². The summed E-state index contributed by atoms with van der Waals surface area (Å²) in [4.78, 5) is 0. The second kappa shape index (κ2) is 9.81. The molecule has 0 aliphatic heterocycles. The highest BCUT2D eigenvalue weighted by molar-refractivity contribution is 5.45. The van der Waals surface area contributed by atoms with E-state index in [0.29, 0.717) is 11.1 Å². The van der Waals surface area contributed by atoms with Gasteiger partial charge in [-0.2, -0.15) is 26.3 Å². The molecule has 27 heavy (non-hydrogen) atoms. The molecule has 6 heteroatoms. The second-order valence-corrected chi connectivity index (χ2v) is 5.48. The summed E-state index contributed by atoms with van der Waals surface area (Å²) in [6, 6.07) is 8.52. The number of alkyl halides is 6. The first kappa shape index (κ1) is 25.0. The molecule has 0 radical (unpaired) electrons. The Morgan fingerprint density at radius 1 is 0.481 bits per heavy atom. The number of hydrogen-bond donors (Lipinski definition) is 0. The van der Waals surface area contributed by atoms with Crippen LogP contribution in [0, 0.1) is 13.8 Å². The lowest BCUT2D eigenvalue weighted by atomic mass is 9.72. The van der Waals surface area contributed by atoms with Gasteiger partial charge < -0.3 is 0 Å². The molecule has 0 atom stereocenters. The van der Waals surface area contributed by atoms with E-state index < -0.39 is 28.9 Å². The third kappa shape index (κ3) is 5.05. The maximum Gasteiger partial charge on any atom is 0.411 e. The molecule has 152 valence electrons. The highest BCUT2D eigenvalue weighted by atomic mass is 19.4. The molecule has 0 saturated carbocycles. The van der Waals surface area contributed by atoms with Crippen LogP contribution in [0.5, 0.6) is 0 Å². The number of hydrogen-bond acceptors (Lipinski definition) is 0. The first-order valence-corrected chi connectivity index (χ1v) is 8.78. The molecule has 2 rings (SSSR count). The summed E-state index contributed by atoms with van der Waals surface area (Å²) in [7, 11) is 0. The number of aryl methyl sites for hydroxylation is 2. The van der Waals surface area contributed by atoms with Crippen LogP contribution in [0.25, 0.3) is 0 Å². The van der Waals surface area contributed by atoms with Gasteiger partial charge in [0.15, 0.2) is 0 Å². The molecule has 0 unspecified atom stereocenters. The van der Waals surface area contributed by atoms with E-state index in [9.17, 15) is 26.3 Å². The van der Waals surface area contributed by atoms with Crippen LogP contribution in [-0.2, 0) is 5.41 Å². The number of halogens is 6. The maximum atomic E-state index is 13.7.